The maximum atomic E-state index is 11.9. The van der Waals surface area contributed by atoms with Crippen LogP contribution in [0, 0.1) is 0 Å². The van der Waals surface area contributed by atoms with Gasteiger partial charge in [-0.1, -0.05) is 51.9 Å². The first kappa shape index (κ1) is 26.0. The van der Waals surface area contributed by atoms with E-state index in [0.29, 0.717) is 6.42 Å². The fourth-order valence-corrected chi connectivity index (χ4v) is 3.06. The molecule has 2 atom stereocenters. The van der Waals surface area contributed by atoms with Gasteiger partial charge in [0.25, 0.3) is 6.47 Å². The molecule has 0 heterocycles. The van der Waals surface area contributed by atoms with Crippen LogP contribution in [0.15, 0.2) is 0 Å². The molecule has 0 amide bonds. The van der Waals surface area contributed by atoms with Crippen LogP contribution in [0.3, 0.4) is 0 Å². The first-order chi connectivity index (χ1) is 12.9. The van der Waals surface area contributed by atoms with Crippen LogP contribution in [-0.2, 0) is 32.7 Å². The van der Waals surface area contributed by atoms with Crippen LogP contribution < -0.4 is 5.73 Å². The summed E-state index contributed by atoms with van der Waals surface area (Å²) in [6, 6.07) is 0. The van der Waals surface area contributed by atoms with Gasteiger partial charge in [-0.25, -0.2) is 4.57 Å². The van der Waals surface area contributed by atoms with Crippen LogP contribution in [0.5, 0.6) is 0 Å². The lowest BCUT2D eigenvalue weighted by molar-refractivity contribution is -0.157. The van der Waals surface area contributed by atoms with Crippen molar-refractivity contribution in [3.8, 4) is 0 Å². The second-order valence-corrected chi connectivity index (χ2v) is 7.61. The van der Waals surface area contributed by atoms with Crippen LogP contribution in [0.25, 0.3) is 0 Å². The van der Waals surface area contributed by atoms with Gasteiger partial charge in [-0.15, -0.1) is 0 Å². The molecule has 0 rings (SSSR count). The van der Waals surface area contributed by atoms with E-state index in [2.05, 4.69) is 16.2 Å². The smallest absolute Gasteiger partial charge is 0.464 e. The molecule has 0 saturated heterocycles. The predicted octanol–water partition coefficient (Wildman–Crippen LogP) is 2.69. The van der Waals surface area contributed by atoms with Crippen LogP contribution in [0.1, 0.15) is 64.7 Å². The molecule has 0 aliphatic carbocycles. The Bertz CT molecular complexity index is 435. The highest BCUT2D eigenvalue weighted by Gasteiger charge is 2.25. The van der Waals surface area contributed by atoms with E-state index in [4.69, 9.17) is 15.0 Å². The van der Waals surface area contributed by atoms with Crippen molar-refractivity contribution >= 4 is 20.3 Å². The molecular formula is C17H34NO8P. The van der Waals surface area contributed by atoms with Gasteiger partial charge < -0.3 is 20.1 Å². The second-order valence-electron chi connectivity index (χ2n) is 6.15. The summed E-state index contributed by atoms with van der Waals surface area (Å²) in [5.74, 6) is -0.472. The van der Waals surface area contributed by atoms with Crippen molar-refractivity contribution in [2.24, 2.45) is 5.73 Å². The zero-order chi connectivity index (χ0) is 20.4. The summed E-state index contributed by atoms with van der Waals surface area (Å²) in [5, 5.41) is 0. The molecule has 0 aromatic rings. The molecule has 0 saturated carbocycles. The second kappa shape index (κ2) is 17.1. The van der Waals surface area contributed by atoms with Crippen LogP contribution in [0.4, 0.5) is 0 Å². The number of carbonyl (C=O) groups excluding carboxylic acids is 2. The fourth-order valence-electron chi connectivity index (χ4n) is 2.29. The molecule has 0 aliphatic heterocycles. The number of rotatable bonds is 19. The van der Waals surface area contributed by atoms with Gasteiger partial charge in [0, 0.05) is 13.0 Å². The number of carbonyl (C=O) groups is 2. The molecule has 0 aliphatic rings. The summed E-state index contributed by atoms with van der Waals surface area (Å²) >= 11 is 0. The Balaban J connectivity index is 4.07. The first-order valence-corrected chi connectivity index (χ1v) is 11.0. The Morgan fingerprint density at radius 2 is 1.70 bits per heavy atom. The molecule has 1 unspecified atom stereocenters. The number of unbranched alkanes of at least 4 members (excludes halogenated alkanes) is 7. The van der Waals surface area contributed by atoms with Gasteiger partial charge in [0.15, 0.2) is 6.10 Å². The third kappa shape index (κ3) is 16.9. The van der Waals surface area contributed by atoms with E-state index in [1.54, 1.807) is 0 Å². The monoisotopic (exact) mass is 411 g/mol. The van der Waals surface area contributed by atoms with Gasteiger partial charge in [-0.2, -0.15) is 0 Å². The van der Waals surface area contributed by atoms with Gasteiger partial charge in [-0.3, -0.25) is 18.6 Å². The van der Waals surface area contributed by atoms with Gasteiger partial charge >= 0.3 is 13.8 Å². The predicted molar refractivity (Wildman–Crippen MR) is 99.9 cm³/mol. The highest BCUT2D eigenvalue weighted by atomic mass is 31.2. The van der Waals surface area contributed by atoms with Crippen molar-refractivity contribution < 1.29 is 37.6 Å². The van der Waals surface area contributed by atoms with E-state index >= 15 is 0 Å². The quantitative estimate of drug-likeness (QED) is 0.142. The van der Waals surface area contributed by atoms with Crippen LogP contribution in [-0.4, -0.2) is 49.8 Å². The number of hydrogen-bond donors (Lipinski definition) is 2. The van der Waals surface area contributed by atoms with Gasteiger partial charge in [0.2, 0.25) is 0 Å². The third-order valence-corrected chi connectivity index (χ3v) is 4.66. The minimum Gasteiger partial charge on any atom is -0.464 e. The maximum Gasteiger partial charge on any atom is 0.472 e. The number of ether oxygens (including phenoxy) is 2. The third-order valence-electron chi connectivity index (χ3n) is 3.68. The van der Waals surface area contributed by atoms with E-state index in [0.717, 1.165) is 19.3 Å². The SMILES string of the molecule is CCCCCCCCCCC(=O)O[C@H](COC=O)COP(=O)(O)OCCN. The average molecular weight is 411 g/mol. The lowest BCUT2D eigenvalue weighted by atomic mass is 10.1. The molecule has 3 N–H and O–H groups in total. The Labute approximate surface area is 161 Å². The van der Waals surface area contributed by atoms with E-state index in [1.807, 2.05) is 0 Å². The number of phosphoric ester groups is 1. The summed E-state index contributed by atoms with van der Waals surface area (Å²) in [5.41, 5.74) is 5.18. The Morgan fingerprint density at radius 1 is 1.07 bits per heavy atom. The van der Waals surface area contributed by atoms with Gasteiger partial charge in [-0.05, 0) is 6.42 Å². The molecular weight excluding hydrogens is 377 g/mol. The highest BCUT2D eigenvalue weighted by Crippen LogP contribution is 2.43. The first-order valence-electron chi connectivity index (χ1n) is 9.51. The largest absolute Gasteiger partial charge is 0.472 e. The van der Waals surface area contributed by atoms with Crippen molar-refractivity contribution in [2.45, 2.75) is 70.8 Å². The zero-order valence-electron chi connectivity index (χ0n) is 16.2. The van der Waals surface area contributed by atoms with E-state index in [1.165, 1.54) is 25.7 Å². The molecule has 0 radical (unpaired) electrons. The van der Waals surface area contributed by atoms with E-state index < -0.39 is 26.5 Å². The summed E-state index contributed by atoms with van der Waals surface area (Å²) in [6.07, 6.45) is 8.06. The molecule has 0 fully saturated rings. The standard InChI is InChI=1S/C17H34NO8P/c1-2-3-4-5-6-7-8-9-10-17(20)26-16(13-23-15-19)14-25-27(21,22)24-12-11-18/h15-16H,2-14,18H2,1H3,(H,21,22)/t16-/m1/s1. The molecule has 9 nitrogen and oxygen atoms in total. The molecule has 0 aromatic carbocycles. The number of esters is 1. The van der Waals surface area contributed by atoms with Crippen LogP contribution >= 0.6 is 7.82 Å². The zero-order valence-corrected chi connectivity index (χ0v) is 17.1. The molecule has 160 valence electrons. The summed E-state index contributed by atoms with van der Waals surface area (Å²) in [6.45, 7) is 1.57. The van der Waals surface area contributed by atoms with Crippen molar-refractivity contribution in [2.75, 3.05) is 26.4 Å². The number of hydrogen-bond acceptors (Lipinski definition) is 8. The Morgan fingerprint density at radius 3 is 2.30 bits per heavy atom. The van der Waals surface area contributed by atoms with Crippen molar-refractivity contribution in [3.05, 3.63) is 0 Å². The average Bonchev–Trinajstić information content (AvgIpc) is 2.64. The van der Waals surface area contributed by atoms with E-state index in [-0.39, 0.29) is 32.7 Å². The fraction of sp³-hybridized carbons (Fsp3) is 0.882. The minimum absolute atomic E-state index is 0.0547. The van der Waals surface area contributed by atoms with Gasteiger partial charge in [0.1, 0.15) is 6.61 Å². The number of nitrogens with two attached hydrogens (primary N) is 1. The Kier molecular flexibility index (Phi) is 16.5. The molecule has 10 heteroatoms. The molecule has 0 bridgehead atoms. The highest BCUT2D eigenvalue weighted by molar-refractivity contribution is 7.47. The van der Waals surface area contributed by atoms with Gasteiger partial charge in [0.05, 0.1) is 13.2 Å². The number of phosphoric acid groups is 1. The van der Waals surface area contributed by atoms with Crippen molar-refractivity contribution in [1.29, 1.82) is 0 Å². The topological polar surface area (TPSA) is 134 Å². The lowest BCUT2D eigenvalue weighted by Crippen LogP contribution is -2.28. The van der Waals surface area contributed by atoms with E-state index in [9.17, 15) is 19.0 Å². The summed E-state index contributed by atoms with van der Waals surface area (Å²) < 4.78 is 30.6. The van der Waals surface area contributed by atoms with Crippen molar-refractivity contribution in [3.63, 3.8) is 0 Å². The molecule has 0 spiro atoms. The normalized spacial score (nSPS) is 14.3. The Hall–Kier alpha value is -0.990. The lowest BCUT2D eigenvalue weighted by Gasteiger charge is -2.18. The summed E-state index contributed by atoms with van der Waals surface area (Å²) in [4.78, 5) is 31.7. The maximum absolute atomic E-state index is 11.9. The van der Waals surface area contributed by atoms with Crippen LogP contribution in [0.2, 0.25) is 0 Å². The molecule has 0 aromatic heterocycles. The minimum atomic E-state index is -4.30. The van der Waals surface area contributed by atoms with Crippen molar-refractivity contribution in [1.82, 2.24) is 0 Å². The molecule has 27 heavy (non-hydrogen) atoms. The summed E-state index contributed by atoms with van der Waals surface area (Å²) in [7, 11) is -4.30.